The zero-order valence-electron chi connectivity index (χ0n) is 24.9. The van der Waals surface area contributed by atoms with Gasteiger partial charge in [0.15, 0.2) is 0 Å². The lowest BCUT2D eigenvalue weighted by molar-refractivity contribution is -0.206. The fraction of sp³-hybridized carbons (Fsp3) is 0.394. The number of carbonyl (C=O) groups excluding carboxylic acids is 2. The lowest BCUT2D eigenvalue weighted by Gasteiger charge is -2.39. The van der Waals surface area contributed by atoms with Gasteiger partial charge in [-0.2, -0.15) is 13.2 Å². The average molecular weight is 630 g/mol. The molecule has 2 heterocycles. The van der Waals surface area contributed by atoms with E-state index in [9.17, 15) is 22.8 Å². The van der Waals surface area contributed by atoms with Crippen molar-refractivity contribution >= 4 is 11.9 Å². The number of fused-ring (bicyclic) bond motifs is 1. The van der Waals surface area contributed by atoms with E-state index in [-0.39, 0.29) is 30.1 Å². The van der Waals surface area contributed by atoms with Crippen LogP contribution in [0.2, 0.25) is 0 Å². The number of piperidine rings is 1. The number of alkyl halides is 3. The Kier molecular flexibility index (Phi) is 9.71. The van der Waals surface area contributed by atoms with Gasteiger partial charge in [-0.3, -0.25) is 4.90 Å². The monoisotopic (exact) mass is 629 g/mol. The number of rotatable bonds is 11. The van der Waals surface area contributed by atoms with Crippen molar-refractivity contribution in [2.45, 2.75) is 43.8 Å². The molecular formula is C33H34F3NO8. The Morgan fingerprint density at radius 3 is 2.33 bits per heavy atom. The molecule has 0 bridgehead atoms. The van der Waals surface area contributed by atoms with E-state index in [1.54, 1.807) is 25.3 Å². The van der Waals surface area contributed by atoms with Crippen molar-refractivity contribution in [2.24, 2.45) is 0 Å². The molecule has 0 aromatic heterocycles. The topological polar surface area (TPSA) is 92.8 Å². The number of likely N-dealkylation sites (tertiary alicyclic amines) is 1. The number of esters is 2. The highest BCUT2D eigenvalue weighted by Crippen LogP contribution is 2.41. The molecule has 2 aliphatic rings. The summed E-state index contributed by atoms with van der Waals surface area (Å²) in [6.07, 6.45) is -4.39. The third-order valence-electron chi connectivity index (χ3n) is 7.89. The average Bonchev–Trinajstić information content (AvgIpc) is 3.40. The number of ether oxygens (including phenoxy) is 6. The minimum absolute atomic E-state index is 0.00787. The minimum Gasteiger partial charge on any atom is -0.497 e. The molecule has 0 amide bonds. The van der Waals surface area contributed by atoms with Crippen LogP contribution in [0.3, 0.4) is 0 Å². The normalized spacial score (nSPS) is 16.3. The van der Waals surface area contributed by atoms with Crippen LogP contribution in [0.4, 0.5) is 13.2 Å². The van der Waals surface area contributed by atoms with Crippen LogP contribution in [-0.4, -0.2) is 75.2 Å². The maximum Gasteiger partial charge on any atom is 0.490 e. The summed E-state index contributed by atoms with van der Waals surface area (Å²) in [5.41, 5.74) is 1.65. The van der Waals surface area contributed by atoms with Crippen LogP contribution in [0.25, 0.3) is 0 Å². The number of halogens is 3. The highest BCUT2D eigenvalue weighted by Gasteiger charge is 2.44. The molecule has 1 saturated heterocycles. The molecule has 5 rings (SSSR count). The Bertz CT molecular complexity index is 1460. The van der Waals surface area contributed by atoms with Gasteiger partial charge in [-0.15, -0.1) is 0 Å². The number of hydrogen-bond donors (Lipinski definition) is 0. The number of para-hydroxylation sites is 1. The second-order valence-corrected chi connectivity index (χ2v) is 11.0. The van der Waals surface area contributed by atoms with Gasteiger partial charge in [-0.1, -0.05) is 30.3 Å². The summed E-state index contributed by atoms with van der Waals surface area (Å²) >= 11 is 0. The first-order valence-corrected chi connectivity index (χ1v) is 14.5. The van der Waals surface area contributed by atoms with Crippen LogP contribution in [0.15, 0.2) is 66.7 Å². The van der Waals surface area contributed by atoms with Crippen LogP contribution in [0, 0.1) is 0 Å². The first-order valence-electron chi connectivity index (χ1n) is 14.5. The second kappa shape index (κ2) is 13.7. The minimum atomic E-state index is -5.18. The van der Waals surface area contributed by atoms with E-state index in [1.165, 1.54) is 19.2 Å². The third kappa shape index (κ3) is 7.99. The smallest absolute Gasteiger partial charge is 0.490 e. The predicted octanol–water partition coefficient (Wildman–Crippen LogP) is 5.38. The van der Waals surface area contributed by atoms with Crippen LogP contribution in [0.1, 0.15) is 34.3 Å². The number of methoxy groups -OCH3 is 2. The van der Waals surface area contributed by atoms with E-state index >= 15 is 0 Å². The Labute approximate surface area is 258 Å². The van der Waals surface area contributed by atoms with E-state index in [0.717, 1.165) is 23.3 Å². The third-order valence-corrected chi connectivity index (χ3v) is 7.89. The van der Waals surface area contributed by atoms with Gasteiger partial charge in [0.05, 0.1) is 14.2 Å². The Morgan fingerprint density at radius 2 is 1.67 bits per heavy atom. The quantitative estimate of drug-likeness (QED) is 0.259. The number of hydrogen-bond acceptors (Lipinski definition) is 9. The maximum atomic E-state index is 13.2. The Balaban J connectivity index is 1.26. The molecule has 2 aliphatic heterocycles. The molecule has 240 valence electrons. The van der Waals surface area contributed by atoms with Crippen LogP contribution >= 0.6 is 0 Å². The highest BCUT2D eigenvalue weighted by molar-refractivity contribution is 5.92. The molecule has 45 heavy (non-hydrogen) atoms. The van der Waals surface area contributed by atoms with E-state index in [0.29, 0.717) is 37.4 Å². The van der Waals surface area contributed by atoms with E-state index in [2.05, 4.69) is 0 Å². The number of nitrogens with zero attached hydrogens (tertiary/aromatic N) is 1. The van der Waals surface area contributed by atoms with Crippen LogP contribution < -0.4 is 18.9 Å². The van der Waals surface area contributed by atoms with Crippen molar-refractivity contribution in [3.05, 3.63) is 83.4 Å². The number of carbonyl (C=O) groups is 2. The van der Waals surface area contributed by atoms with E-state index < -0.39 is 30.8 Å². The van der Waals surface area contributed by atoms with Crippen molar-refractivity contribution < 1.29 is 51.2 Å². The summed E-state index contributed by atoms with van der Waals surface area (Å²) < 4.78 is 72.4. The van der Waals surface area contributed by atoms with Crippen molar-refractivity contribution in [3.8, 4) is 23.0 Å². The highest BCUT2D eigenvalue weighted by atomic mass is 19.4. The van der Waals surface area contributed by atoms with Crippen LogP contribution in [0.5, 0.6) is 23.0 Å². The van der Waals surface area contributed by atoms with Gasteiger partial charge in [-0.05, 0) is 41.5 Å². The van der Waals surface area contributed by atoms with Crippen molar-refractivity contribution in [1.82, 2.24) is 4.90 Å². The van der Waals surface area contributed by atoms with Crippen molar-refractivity contribution in [1.29, 1.82) is 0 Å². The Morgan fingerprint density at radius 1 is 0.956 bits per heavy atom. The molecule has 1 spiro atoms. The SMILES string of the molecule is COC(=O)c1ccc(OCc2ccc(OC)cc2)cc1OC[C@@H](CN1CCC2(CC1)Cc1ccccc1O2)OC(=O)C(F)(F)F. The molecule has 0 radical (unpaired) electrons. The molecule has 1 fully saturated rings. The summed E-state index contributed by atoms with van der Waals surface area (Å²) in [4.78, 5) is 26.2. The van der Waals surface area contributed by atoms with Crippen molar-refractivity contribution in [3.63, 3.8) is 0 Å². The molecule has 9 nitrogen and oxygen atoms in total. The standard InChI is InChI=1S/C33H34F3NO8/c1-40-24-9-7-22(8-10-24)20-42-25-11-12-27(30(38)41-2)29(17-25)43-21-26(44-31(39)33(34,35)36)19-37-15-13-32(14-16-37)18-23-5-3-4-6-28(23)45-32/h3-12,17,26H,13-16,18-21H2,1-2H3/t26-/m1/s1. The fourth-order valence-electron chi connectivity index (χ4n) is 5.48. The molecule has 1 atom stereocenters. The Hall–Kier alpha value is -4.45. The summed E-state index contributed by atoms with van der Waals surface area (Å²) in [5.74, 6) is -1.13. The van der Waals surface area contributed by atoms with Gasteiger partial charge in [0.25, 0.3) is 0 Å². The van der Waals surface area contributed by atoms with Gasteiger partial charge in [0.1, 0.15) is 53.5 Å². The molecule has 0 unspecified atom stereocenters. The first-order chi connectivity index (χ1) is 21.6. The first kappa shape index (κ1) is 32.0. The van der Waals surface area contributed by atoms with Gasteiger partial charge in [0, 0.05) is 45.0 Å². The largest absolute Gasteiger partial charge is 0.497 e. The molecule has 12 heteroatoms. The summed E-state index contributed by atoms with van der Waals surface area (Å²) in [6, 6.07) is 19.5. The summed E-state index contributed by atoms with van der Waals surface area (Å²) in [5, 5.41) is 0. The van der Waals surface area contributed by atoms with E-state index in [4.69, 9.17) is 28.4 Å². The van der Waals surface area contributed by atoms with Gasteiger partial charge in [-0.25, -0.2) is 9.59 Å². The van der Waals surface area contributed by atoms with Gasteiger partial charge >= 0.3 is 18.1 Å². The van der Waals surface area contributed by atoms with Crippen LogP contribution in [-0.2, 0) is 27.3 Å². The molecule has 0 saturated carbocycles. The van der Waals surface area contributed by atoms with Gasteiger partial charge < -0.3 is 28.4 Å². The predicted molar refractivity (Wildman–Crippen MR) is 156 cm³/mol. The molecule has 3 aromatic rings. The molecular weight excluding hydrogens is 595 g/mol. The lowest BCUT2D eigenvalue weighted by Crippen LogP contribution is -2.50. The van der Waals surface area contributed by atoms with Crippen molar-refractivity contribution in [2.75, 3.05) is 40.5 Å². The zero-order chi connectivity index (χ0) is 32.0. The zero-order valence-corrected chi connectivity index (χ0v) is 24.9. The molecule has 0 N–H and O–H groups in total. The number of benzene rings is 3. The summed E-state index contributed by atoms with van der Waals surface area (Å²) in [7, 11) is 2.76. The molecule has 3 aromatic carbocycles. The fourth-order valence-corrected chi connectivity index (χ4v) is 5.48. The summed E-state index contributed by atoms with van der Waals surface area (Å²) in [6.45, 7) is 0.785. The van der Waals surface area contributed by atoms with E-state index in [1.807, 2.05) is 41.3 Å². The van der Waals surface area contributed by atoms with Gasteiger partial charge in [0.2, 0.25) is 0 Å². The molecule has 0 aliphatic carbocycles. The second-order valence-electron chi connectivity index (χ2n) is 11.0. The maximum absolute atomic E-state index is 13.2. The lowest BCUT2D eigenvalue weighted by atomic mass is 9.87.